The van der Waals surface area contributed by atoms with Gasteiger partial charge in [0.05, 0.1) is 11.5 Å². The highest BCUT2D eigenvalue weighted by molar-refractivity contribution is 5.73. The van der Waals surface area contributed by atoms with Crippen LogP contribution in [0, 0.1) is 23.7 Å². The van der Waals surface area contributed by atoms with Gasteiger partial charge in [-0.05, 0) is 30.5 Å². The Morgan fingerprint density at radius 1 is 1.50 bits per heavy atom. The van der Waals surface area contributed by atoms with E-state index in [1.165, 1.54) is 0 Å². The number of aryl methyl sites for hydroxylation is 1. The number of aromatic nitrogens is 1. The summed E-state index contributed by atoms with van der Waals surface area (Å²) < 4.78 is 5.50. The molecule has 0 unspecified atom stereocenters. The van der Waals surface area contributed by atoms with Gasteiger partial charge in [0.25, 0.3) is 0 Å². The molecule has 1 fully saturated rings. The van der Waals surface area contributed by atoms with E-state index in [9.17, 15) is 0 Å². The topological polar surface area (TPSA) is 61.9 Å². The Hall–Kier alpha value is -1.86. The Labute approximate surface area is 106 Å². The fourth-order valence-corrected chi connectivity index (χ4v) is 2.12. The second kappa shape index (κ2) is 4.11. The van der Waals surface area contributed by atoms with Crippen LogP contribution in [-0.2, 0) is 6.54 Å². The van der Waals surface area contributed by atoms with Gasteiger partial charge >= 0.3 is 0 Å². The molecule has 2 aromatic rings. The predicted octanol–water partition coefficient (Wildman–Crippen LogP) is 2.53. The van der Waals surface area contributed by atoms with Gasteiger partial charge in [0.2, 0.25) is 0 Å². The van der Waals surface area contributed by atoms with E-state index in [1.807, 2.05) is 25.1 Å². The van der Waals surface area contributed by atoms with Crippen molar-refractivity contribution in [1.29, 1.82) is 5.26 Å². The SMILES string of the molecule is Cc1nc2ccc(CNCC3(C#N)CC3)cc2o1. The van der Waals surface area contributed by atoms with Crippen molar-refractivity contribution in [1.82, 2.24) is 10.3 Å². The standard InChI is InChI=1S/C14H15N3O/c1-10-17-12-3-2-11(6-13(12)18-10)7-16-9-14(8-15)4-5-14/h2-3,6,16H,4-5,7,9H2,1H3. The molecule has 18 heavy (non-hydrogen) atoms. The quantitative estimate of drug-likeness (QED) is 0.893. The molecule has 0 amide bonds. The molecule has 1 aliphatic carbocycles. The van der Waals surface area contributed by atoms with Crippen LogP contribution in [0.5, 0.6) is 0 Å². The molecule has 3 rings (SSSR count). The third kappa shape index (κ3) is 2.09. The molecular weight excluding hydrogens is 226 g/mol. The van der Waals surface area contributed by atoms with Gasteiger partial charge in [-0.15, -0.1) is 0 Å². The number of hydrogen-bond donors (Lipinski definition) is 1. The minimum Gasteiger partial charge on any atom is -0.441 e. The number of nitriles is 1. The van der Waals surface area contributed by atoms with Crippen LogP contribution in [-0.4, -0.2) is 11.5 Å². The van der Waals surface area contributed by atoms with E-state index >= 15 is 0 Å². The summed E-state index contributed by atoms with van der Waals surface area (Å²) in [5.41, 5.74) is 2.79. The third-order valence-electron chi connectivity index (χ3n) is 3.44. The number of nitrogens with one attached hydrogen (secondary N) is 1. The number of fused-ring (bicyclic) bond motifs is 1. The summed E-state index contributed by atoms with van der Waals surface area (Å²) in [5.74, 6) is 0.691. The molecule has 92 valence electrons. The highest BCUT2D eigenvalue weighted by Gasteiger charge is 2.42. The van der Waals surface area contributed by atoms with Crippen molar-refractivity contribution in [3.8, 4) is 6.07 Å². The van der Waals surface area contributed by atoms with E-state index < -0.39 is 0 Å². The van der Waals surface area contributed by atoms with Crippen molar-refractivity contribution < 1.29 is 4.42 Å². The summed E-state index contributed by atoms with van der Waals surface area (Å²) >= 11 is 0. The Kier molecular flexibility index (Phi) is 2.57. The van der Waals surface area contributed by atoms with E-state index in [1.54, 1.807) is 0 Å². The van der Waals surface area contributed by atoms with Crippen LogP contribution in [0.2, 0.25) is 0 Å². The van der Waals surface area contributed by atoms with Gasteiger partial charge in [-0.2, -0.15) is 5.26 Å². The van der Waals surface area contributed by atoms with E-state index in [0.717, 1.165) is 42.6 Å². The fourth-order valence-electron chi connectivity index (χ4n) is 2.12. The normalized spacial score (nSPS) is 16.7. The Bertz CT molecular complexity index is 619. The Morgan fingerprint density at radius 2 is 2.33 bits per heavy atom. The van der Waals surface area contributed by atoms with Gasteiger partial charge in [0, 0.05) is 20.0 Å². The first kappa shape index (κ1) is 11.2. The van der Waals surface area contributed by atoms with Gasteiger partial charge in [-0.1, -0.05) is 6.07 Å². The molecule has 1 saturated carbocycles. The summed E-state index contributed by atoms with van der Waals surface area (Å²) in [6.45, 7) is 3.39. The molecule has 1 heterocycles. The first-order valence-corrected chi connectivity index (χ1v) is 6.19. The van der Waals surface area contributed by atoms with Crippen LogP contribution < -0.4 is 5.32 Å². The maximum absolute atomic E-state index is 8.98. The number of hydrogen-bond acceptors (Lipinski definition) is 4. The van der Waals surface area contributed by atoms with Crippen molar-refractivity contribution in [3.05, 3.63) is 29.7 Å². The zero-order valence-electron chi connectivity index (χ0n) is 10.4. The summed E-state index contributed by atoms with van der Waals surface area (Å²) in [7, 11) is 0. The molecule has 0 saturated heterocycles. The van der Waals surface area contributed by atoms with Crippen LogP contribution in [0.25, 0.3) is 11.1 Å². The average molecular weight is 241 g/mol. The second-order valence-corrected chi connectivity index (χ2v) is 5.03. The van der Waals surface area contributed by atoms with E-state index in [4.69, 9.17) is 9.68 Å². The molecular formula is C14H15N3O. The summed E-state index contributed by atoms with van der Waals surface area (Å²) in [6, 6.07) is 8.41. The summed E-state index contributed by atoms with van der Waals surface area (Å²) in [4.78, 5) is 4.27. The lowest BCUT2D eigenvalue weighted by Gasteiger charge is -2.07. The summed E-state index contributed by atoms with van der Waals surface area (Å²) in [5, 5.41) is 12.3. The maximum atomic E-state index is 8.98. The van der Waals surface area contributed by atoms with Gasteiger partial charge in [0.15, 0.2) is 11.5 Å². The van der Waals surface area contributed by atoms with Crippen LogP contribution in [0.4, 0.5) is 0 Å². The van der Waals surface area contributed by atoms with Crippen molar-refractivity contribution >= 4 is 11.1 Å². The predicted molar refractivity (Wildman–Crippen MR) is 67.7 cm³/mol. The second-order valence-electron chi connectivity index (χ2n) is 5.03. The highest BCUT2D eigenvalue weighted by Crippen LogP contribution is 2.44. The zero-order chi connectivity index (χ0) is 12.6. The molecule has 1 N–H and O–H groups in total. The minimum atomic E-state index is -0.0904. The number of oxazole rings is 1. The average Bonchev–Trinajstić information content (AvgIpc) is 3.04. The van der Waals surface area contributed by atoms with Gasteiger partial charge in [0.1, 0.15) is 5.52 Å². The smallest absolute Gasteiger partial charge is 0.192 e. The maximum Gasteiger partial charge on any atom is 0.192 e. The highest BCUT2D eigenvalue weighted by atomic mass is 16.3. The molecule has 0 atom stereocenters. The minimum absolute atomic E-state index is 0.0904. The molecule has 4 nitrogen and oxygen atoms in total. The lowest BCUT2D eigenvalue weighted by Crippen LogP contribution is -2.22. The molecule has 1 aliphatic rings. The molecule has 0 spiro atoms. The fraction of sp³-hybridized carbons (Fsp3) is 0.429. The largest absolute Gasteiger partial charge is 0.441 e. The van der Waals surface area contributed by atoms with Crippen LogP contribution >= 0.6 is 0 Å². The van der Waals surface area contributed by atoms with Crippen molar-refractivity contribution in [3.63, 3.8) is 0 Å². The van der Waals surface area contributed by atoms with Crippen LogP contribution in [0.1, 0.15) is 24.3 Å². The molecule has 1 aromatic carbocycles. The van der Waals surface area contributed by atoms with Crippen molar-refractivity contribution in [2.75, 3.05) is 6.54 Å². The molecule has 0 radical (unpaired) electrons. The molecule has 1 aromatic heterocycles. The Morgan fingerprint density at radius 3 is 3.06 bits per heavy atom. The van der Waals surface area contributed by atoms with Crippen LogP contribution in [0.15, 0.2) is 22.6 Å². The van der Waals surface area contributed by atoms with E-state index in [2.05, 4.69) is 16.4 Å². The Balaban J connectivity index is 1.66. The lowest BCUT2D eigenvalue weighted by atomic mass is 10.1. The number of rotatable bonds is 4. The monoisotopic (exact) mass is 241 g/mol. The molecule has 0 aliphatic heterocycles. The first-order valence-electron chi connectivity index (χ1n) is 6.19. The third-order valence-corrected chi connectivity index (χ3v) is 3.44. The van der Waals surface area contributed by atoms with Gasteiger partial charge < -0.3 is 9.73 Å². The van der Waals surface area contributed by atoms with Gasteiger partial charge in [-0.3, -0.25) is 0 Å². The first-order chi connectivity index (χ1) is 8.71. The van der Waals surface area contributed by atoms with E-state index in [-0.39, 0.29) is 5.41 Å². The lowest BCUT2D eigenvalue weighted by molar-refractivity contribution is 0.553. The number of benzene rings is 1. The van der Waals surface area contributed by atoms with Crippen molar-refractivity contribution in [2.24, 2.45) is 5.41 Å². The molecule has 4 heteroatoms. The van der Waals surface area contributed by atoms with Crippen LogP contribution in [0.3, 0.4) is 0 Å². The van der Waals surface area contributed by atoms with Gasteiger partial charge in [-0.25, -0.2) is 4.98 Å². The van der Waals surface area contributed by atoms with E-state index in [0.29, 0.717) is 5.89 Å². The summed E-state index contributed by atoms with van der Waals surface area (Å²) in [6.07, 6.45) is 2.05. The number of nitrogens with zero attached hydrogens (tertiary/aromatic N) is 2. The zero-order valence-corrected chi connectivity index (χ0v) is 10.4. The van der Waals surface area contributed by atoms with Crippen molar-refractivity contribution in [2.45, 2.75) is 26.3 Å². The molecule has 0 bridgehead atoms.